The Labute approximate surface area is 112 Å². The van der Waals surface area contributed by atoms with Crippen LogP contribution in [-0.4, -0.2) is 15.3 Å². The van der Waals surface area contributed by atoms with E-state index in [1.54, 1.807) is 22.7 Å². The quantitative estimate of drug-likeness (QED) is 0.783. The molecule has 0 atom stereocenters. The molecule has 0 aliphatic carbocycles. The lowest BCUT2D eigenvalue weighted by molar-refractivity contribution is 0.0995. The van der Waals surface area contributed by atoms with Crippen LogP contribution in [-0.2, 0) is 0 Å². The van der Waals surface area contributed by atoms with E-state index in [-0.39, 0.29) is 0 Å². The van der Waals surface area contributed by atoms with Gasteiger partial charge in [0, 0.05) is 22.2 Å². The molecule has 4 nitrogen and oxygen atoms in total. The second-order valence-electron chi connectivity index (χ2n) is 3.74. The predicted octanol–water partition coefficient (Wildman–Crippen LogP) is 2.82. The van der Waals surface area contributed by atoms with Crippen LogP contribution in [0.1, 0.15) is 10.5 Å². The third kappa shape index (κ3) is 1.68. The lowest BCUT2D eigenvalue weighted by atomic mass is 10.1. The summed E-state index contributed by atoms with van der Waals surface area (Å²) in [4.78, 5) is 16.8. The molecule has 0 bridgehead atoms. The summed E-state index contributed by atoms with van der Waals surface area (Å²) in [6, 6.07) is 7.16. The van der Waals surface area contributed by atoms with Gasteiger partial charge in [-0.15, -0.1) is 11.3 Å². The summed E-state index contributed by atoms with van der Waals surface area (Å²) >= 11 is 7.30. The monoisotopic (exact) mass is 277 g/mol. The van der Waals surface area contributed by atoms with E-state index in [1.807, 2.05) is 17.5 Å². The van der Waals surface area contributed by atoms with Crippen LogP contribution in [0.15, 0.2) is 35.8 Å². The number of hydrogen-bond acceptors (Lipinski definition) is 3. The molecule has 18 heavy (non-hydrogen) atoms. The van der Waals surface area contributed by atoms with E-state index in [9.17, 15) is 4.79 Å². The highest BCUT2D eigenvalue weighted by Gasteiger charge is 2.18. The molecule has 2 aromatic heterocycles. The first-order valence-electron chi connectivity index (χ1n) is 5.18. The van der Waals surface area contributed by atoms with Crippen molar-refractivity contribution in [2.45, 2.75) is 0 Å². The normalized spacial score (nSPS) is 10.9. The van der Waals surface area contributed by atoms with Gasteiger partial charge in [0.15, 0.2) is 4.96 Å². The maximum absolute atomic E-state index is 11.6. The number of aromatic nitrogens is 2. The van der Waals surface area contributed by atoms with Gasteiger partial charge in [0.05, 0.1) is 0 Å². The van der Waals surface area contributed by atoms with Crippen molar-refractivity contribution >= 4 is 33.8 Å². The molecule has 1 amide bonds. The van der Waals surface area contributed by atoms with Gasteiger partial charge in [-0.05, 0) is 12.1 Å². The number of halogens is 1. The van der Waals surface area contributed by atoms with Crippen molar-refractivity contribution in [1.29, 1.82) is 0 Å². The maximum Gasteiger partial charge on any atom is 0.268 e. The zero-order chi connectivity index (χ0) is 12.7. The molecule has 90 valence electrons. The Balaban J connectivity index is 2.27. The van der Waals surface area contributed by atoms with Crippen LogP contribution >= 0.6 is 22.9 Å². The number of rotatable bonds is 2. The Morgan fingerprint density at radius 1 is 1.33 bits per heavy atom. The lowest BCUT2D eigenvalue weighted by Gasteiger charge is -2.00. The fourth-order valence-corrected chi connectivity index (χ4v) is 2.67. The van der Waals surface area contributed by atoms with Crippen LogP contribution in [0.3, 0.4) is 0 Å². The maximum atomic E-state index is 11.6. The summed E-state index contributed by atoms with van der Waals surface area (Å²) in [6.07, 6.45) is 1.78. The van der Waals surface area contributed by atoms with Gasteiger partial charge in [0.25, 0.3) is 5.91 Å². The van der Waals surface area contributed by atoms with Crippen LogP contribution < -0.4 is 5.73 Å². The molecule has 0 saturated carbocycles. The molecule has 0 fully saturated rings. The average Bonchev–Trinajstić information content (AvgIpc) is 2.88. The van der Waals surface area contributed by atoms with Crippen molar-refractivity contribution in [3.8, 4) is 11.3 Å². The predicted molar refractivity (Wildman–Crippen MR) is 72.0 cm³/mol. The van der Waals surface area contributed by atoms with Gasteiger partial charge < -0.3 is 5.73 Å². The van der Waals surface area contributed by atoms with E-state index in [0.29, 0.717) is 16.4 Å². The number of thiazole rings is 1. The van der Waals surface area contributed by atoms with E-state index >= 15 is 0 Å². The van der Waals surface area contributed by atoms with Crippen molar-refractivity contribution in [1.82, 2.24) is 9.38 Å². The number of primary amides is 1. The van der Waals surface area contributed by atoms with Crippen molar-refractivity contribution in [3.05, 3.63) is 46.6 Å². The Hall–Kier alpha value is -1.85. The second kappa shape index (κ2) is 4.12. The van der Waals surface area contributed by atoms with Gasteiger partial charge in [-0.25, -0.2) is 4.98 Å². The SMILES string of the molecule is NC(=O)c1c(-c2ccc(Cl)cc2)nc2sccn12. The summed E-state index contributed by atoms with van der Waals surface area (Å²) in [7, 11) is 0. The first-order chi connectivity index (χ1) is 8.66. The number of amides is 1. The molecule has 0 aliphatic rings. The standard InChI is InChI=1S/C12H8ClN3OS/c13-8-3-1-7(2-4-8)9-10(11(14)17)16-5-6-18-12(16)15-9/h1-6H,(H2,14,17). The van der Waals surface area contributed by atoms with Gasteiger partial charge in [-0.2, -0.15) is 0 Å². The number of fused-ring (bicyclic) bond motifs is 1. The molecule has 0 spiro atoms. The number of imidazole rings is 1. The van der Waals surface area contributed by atoms with Crippen molar-refractivity contribution in [3.63, 3.8) is 0 Å². The minimum atomic E-state index is -0.495. The summed E-state index contributed by atoms with van der Waals surface area (Å²) in [6.45, 7) is 0. The highest BCUT2D eigenvalue weighted by Crippen LogP contribution is 2.27. The third-order valence-corrected chi connectivity index (χ3v) is 3.62. The van der Waals surface area contributed by atoms with Crippen LogP contribution in [0.25, 0.3) is 16.2 Å². The number of hydrogen-bond donors (Lipinski definition) is 1. The highest BCUT2D eigenvalue weighted by molar-refractivity contribution is 7.15. The van der Waals surface area contributed by atoms with Gasteiger partial charge in [0.2, 0.25) is 0 Å². The van der Waals surface area contributed by atoms with Crippen LogP contribution in [0.5, 0.6) is 0 Å². The van der Waals surface area contributed by atoms with Gasteiger partial charge in [-0.1, -0.05) is 23.7 Å². The Morgan fingerprint density at radius 2 is 2.06 bits per heavy atom. The summed E-state index contributed by atoms with van der Waals surface area (Å²) in [5.41, 5.74) is 7.24. The molecular formula is C12H8ClN3OS. The molecule has 6 heteroatoms. The second-order valence-corrected chi connectivity index (χ2v) is 5.05. The number of nitrogens with zero attached hydrogens (tertiary/aromatic N) is 2. The first kappa shape index (κ1) is 11.3. The number of benzene rings is 1. The number of nitrogens with two attached hydrogens (primary N) is 1. The average molecular weight is 278 g/mol. The topological polar surface area (TPSA) is 60.4 Å². The zero-order valence-electron chi connectivity index (χ0n) is 9.13. The van der Waals surface area contributed by atoms with E-state index in [4.69, 9.17) is 17.3 Å². The fourth-order valence-electron chi connectivity index (χ4n) is 1.83. The van der Waals surface area contributed by atoms with Crippen LogP contribution in [0.4, 0.5) is 0 Å². The largest absolute Gasteiger partial charge is 0.364 e. The van der Waals surface area contributed by atoms with E-state index in [2.05, 4.69) is 4.98 Å². The zero-order valence-corrected chi connectivity index (χ0v) is 10.7. The molecule has 0 saturated heterocycles. The molecule has 0 radical (unpaired) electrons. The Kier molecular flexibility index (Phi) is 2.57. The Bertz CT molecular complexity index is 729. The Morgan fingerprint density at radius 3 is 2.72 bits per heavy atom. The summed E-state index contributed by atoms with van der Waals surface area (Å²) in [5.74, 6) is -0.495. The number of carbonyl (C=O) groups excluding carboxylic acids is 1. The smallest absolute Gasteiger partial charge is 0.268 e. The molecule has 0 unspecified atom stereocenters. The van der Waals surface area contributed by atoms with Crippen molar-refractivity contribution < 1.29 is 4.79 Å². The minimum absolute atomic E-state index is 0.397. The molecule has 1 aromatic carbocycles. The molecule has 0 aliphatic heterocycles. The van der Waals surface area contributed by atoms with Crippen LogP contribution in [0, 0.1) is 0 Å². The van der Waals surface area contributed by atoms with Crippen molar-refractivity contribution in [2.24, 2.45) is 5.73 Å². The van der Waals surface area contributed by atoms with E-state index in [0.717, 1.165) is 10.5 Å². The van der Waals surface area contributed by atoms with Gasteiger partial charge in [-0.3, -0.25) is 9.20 Å². The number of carbonyl (C=O) groups is 1. The van der Waals surface area contributed by atoms with Gasteiger partial charge >= 0.3 is 0 Å². The molecular weight excluding hydrogens is 270 g/mol. The summed E-state index contributed by atoms with van der Waals surface area (Å²) in [5, 5.41) is 2.50. The van der Waals surface area contributed by atoms with Gasteiger partial charge in [0.1, 0.15) is 11.4 Å². The lowest BCUT2D eigenvalue weighted by Crippen LogP contribution is -2.14. The van der Waals surface area contributed by atoms with E-state index in [1.165, 1.54) is 11.3 Å². The highest BCUT2D eigenvalue weighted by atomic mass is 35.5. The van der Waals surface area contributed by atoms with E-state index < -0.39 is 5.91 Å². The first-order valence-corrected chi connectivity index (χ1v) is 6.44. The van der Waals surface area contributed by atoms with Crippen LogP contribution in [0.2, 0.25) is 5.02 Å². The molecule has 3 rings (SSSR count). The fraction of sp³-hybridized carbons (Fsp3) is 0. The molecule has 2 N–H and O–H groups in total. The molecule has 3 aromatic rings. The summed E-state index contributed by atoms with van der Waals surface area (Å²) < 4.78 is 1.71. The minimum Gasteiger partial charge on any atom is -0.364 e. The molecule has 2 heterocycles. The van der Waals surface area contributed by atoms with Crippen molar-refractivity contribution in [2.75, 3.05) is 0 Å². The third-order valence-electron chi connectivity index (χ3n) is 2.61.